The molecule has 110 valence electrons. The van der Waals surface area contributed by atoms with Crippen molar-refractivity contribution in [1.82, 2.24) is 0 Å². The Hall–Kier alpha value is -2.35. The lowest BCUT2D eigenvalue weighted by Gasteiger charge is -2.22. The number of benzene rings is 1. The van der Waals surface area contributed by atoms with Gasteiger partial charge in [-0.3, -0.25) is 14.9 Å². The van der Waals surface area contributed by atoms with Crippen molar-refractivity contribution in [2.24, 2.45) is 0 Å². The molecule has 0 saturated heterocycles. The number of para-hydroxylation sites is 1. The average molecular weight is 284 g/mol. The SMILES string of the molecule is COCCN(CC(=O)O)c1cccc(OC)c1[N+](=O)[O-]. The molecule has 0 aliphatic heterocycles. The summed E-state index contributed by atoms with van der Waals surface area (Å²) >= 11 is 0. The highest BCUT2D eigenvalue weighted by molar-refractivity contribution is 5.78. The first kappa shape index (κ1) is 15.7. The molecule has 0 amide bonds. The van der Waals surface area contributed by atoms with E-state index in [0.29, 0.717) is 0 Å². The summed E-state index contributed by atoms with van der Waals surface area (Å²) in [5.41, 5.74) is -0.0684. The molecule has 1 rings (SSSR count). The Kier molecular flexibility index (Phi) is 5.73. The summed E-state index contributed by atoms with van der Waals surface area (Å²) in [6, 6.07) is 4.51. The minimum atomic E-state index is -1.08. The minimum Gasteiger partial charge on any atom is -0.490 e. The molecule has 0 fully saturated rings. The lowest BCUT2D eigenvalue weighted by atomic mass is 10.2. The summed E-state index contributed by atoms with van der Waals surface area (Å²) in [6.45, 7) is 0.107. The number of rotatable bonds is 8. The van der Waals surface area contributed by atoms with Gasteiger partial charge in [-0.15, -0.1) is 0 Å². The maximum atomic E-state index is 11.2. The lowest BCUT2D eigenvalue weighted by Crippen LogP contribution is -2.33. The molecule has 0 spiro atoms. The third-order valence-corrected chi connectivity index (χ3v) is 2.61. The maximum absolute atomic E-state index is 11.2. The van der Waals surface area contributed by atoms with Crippen molar-refractivity contribution in [1.29, 1.82) is 0 Å². The van der Waals surface area contributed by atoms with Crippen molar-refractivity contribution in [3.8, 4) is 5.75 Å². The van der Waals surface area contributed by atoms with Gasteiger partial charge in [-0.05, 0) is 12.1 Å². The first-order valence-electron chi connectivity index (χ1n) is 5.78. The topological polar surface area (TPSA) is 102 Å². The highest BCUT2D eigenvalue weighted by atomic mass is 16.6. The van der Waals surface area contributed by atoms with Gasteiger partial charge in [-0.2, -0.15) is 0 Å². The van der Waals surface area contributed by atoms with Crippen LogP contribution in [0.5, 0.6) is 5.75 Å². The van der Waals surface area contributed by atoms with Crippen LogP contribution >= 0.6 is 0 Å². The van der Waals surface area contributed by atoms with Crippen molar-refractivity contribution >= 4 is 17.3 Å². The molecule has 8 heteroatoms. The fourth-order valence-corrected chi connectivity index (χ4v) is 1.76. The molecular formula is C12H16N2O6. The number of carboxylic acid groups (broad SMARTS) is 1. The van der Waals surface area contributed by atoms with E-state index in [9.17, 15) is 14.9 Å². The fraction of sp³-hybridized carbons (Fsp3) is 0.417. The van der Waals surface area contributed by atoms with Crippen molar-refractivity contribution in [2.45, 2.75) is 0 Å². The number of hydrogen-bond donors (Lipinski definition) is 1. The molecule has 0 bridgehead atoms. The highest BCUT2D eigenvalue weighted by Crippen LogP contribution is 2.36. The molecule has 0 radical (unpaired) electrons. The second-order valence-corrected chi connectivity index (χ2v) is 3.89. The third kappa shape index (κ3) is 3.82. The summed E-state index contributed by atoms with van der Waals surface area (Å²) in [4.78, 5) is 22.9. The van der Waals surface area contributed by atoms with Crippen LogP contribution in [0.4, 0.5) is 11.4 Å². The number of aliphatic carboxylic acids is 1. The predicted molar refractivity (Wildman–Crippen MR) is 71.4 cm³/mol. The van der Waals surface area contributed by atoms with Gasteiger partial charge in [0.1, 0.15) is 12.2 Å². The molecular weight excluding hydrogens is 268 g/mol. The first-order valence-corrected chi connectivity index (χ1v) is 5.78. The summed E-state index contributed by atoms with van der Waals surface area (Å²) in [5, 5.41) is 20.1. The number of nitro groups is 1. The lowest BCUT2D eigenvalue weighted by molar-refractivity contribution is -0.385. The standard InChI is InChI=1S/C12H16N2O6/c1-19-7-6-13(8-11(15)16)9-4-3-5-10(20-2)12(9)14(17)18/h3-5H,6-8H2,1-2H3,(H,15,16). The summed E-state index contributed by atoms with van der Waals surface area (Å²) in [6.07, 6.45) is 0. The molecule has 0 heterocycles. The van der Waals surface area contributed by atoms with E-state index in [2.05, 4.69) is 0 Å². The zero-order chi connectivity index (χ0) is 15.1. The van der Waals surface area contributed by atoms with Crippen molar-refractivity contribution < 1.29 is 24.3 Å². The molecule has 0 aliphatic rings. The molecule has 1 N–H and O–H groups in total. The van der Waals surface area contributed by atoms with Gasteiger partial charge in [-0.1, -0.05) is 6.07 Å². The maximum Gasteiger partial charge on any atom is 0.333 e. The van der Waals surface area contributed by atoms with Crippen LogP contribution in [0.15, 0.2) is 18.2 Å². The molecule has 0 unspecified atom stereocenters. The van der Waals surface area contributed by atoms with E-state index in [0.717, 1.165) is 0 Å². The van der Waals surface area contributed by atoms with E-state index in [1.807, 2.05) is 0 Å². The number of hydrogen-bond acceptors (Lipinski definition) is 6. The van der Waals surface area contributed by atoms with Crippen LogP contribution in [0.2, 0.25) is 0 Å². The largest absolute Gasteiger partial charge is 0.490 e. The van der Waals surface area contributed by atoms with Crippen LogP contribution in [0, 0.1) is 10.1 Å². The predicted octanol–water partition coefficient (Wildman–Crippen LogP) is 1.14. The Bertz CT molecular complexity index is 491. The van der Waals surface area contributed by atoms with E-state index in [1.165, 1.54) is 31.3 Å². The number of anilines is 1. The smallest absolute Gasteiger partial charge is 0.333 e. The number of carboxylic acids is 1. The molecule has 0 aliphatic carbocycles. The zero-order valence-electron chi connectivity index (χ0n) is 11.2. The van der Waals surface area contributed by atoms with Gasteiger partial charge in [0.2, 0.25) is 0 Å². The van der Waals surface area contributed by atoms with Crippen molar-refractivity contribution in [3.63, 3.8) is 0 Å². The molecule has 20 heavy (non-hydrogen) atoms. The van der Waals surface area contributed by atoms with Gasteiger partial charge in [0, 0.05) is 13.7 Å². The molecule has 0 saturated carbocycles. The number of carbonyl (C=O) groups is 1. The molecule has 8 nitrogen and oxygen atoms in total. The Labute approximate surface area is 115 Å². The second-order valence-electron chi connectivity index (χ2n) is 3.89. The van der Waals surface area contributed by atoms with Crippen LogP contribution in [0.1, 0.15) is 0 Å². The Morgan fingerprint density at radius 2 is 2.15 bits per heavy atom. The molecule has 1 aromatic rings. The van der Waals surface area contributed by atoms with Crippen molar-refractivity contribution in [2.75, 3.05) is 38.8 Å². The van der Waals surface area contributed by atoms with Gasteiger partial charge in [0.25, 0.3) is 0 Å². The fourth-order valence-electron chi connectivity index (χ4n) is 1.76. The van der Waals surface area contributed by atoms with Gasteiger partial charge in [0.15, 0.2) is 5.75 Å². The molecule has 0 atom stereocenters. The van der Waals surface area contributed by atoms with Crippen LogP contribution in [-0.2, 0) is 9.53 Å². The van der Waals surface area contributed by atoms with E-state index < -0.39 is 10.9 Å². The second kappa shape index (κ2) is 7.29. The van der Waals surface area contributed by atoms with Gasteiger partial charge < -0.3 is 19.5 Å². The number of ether oxygens (including phenoxy) is 2. The monoisotopic (exact) mass is 284 g/mol. The minimum absolute atomic E-state index is 0.0836. The van der Waals surface area contributed by atoms with E-state index in [1.54, 1.807) is 6.07 Å². The Balaban J connectivity index is 3.23. The van der Waals surface area contributed by atoms with Crippen molar-refractivity contribution in [3.05, 3.63) is 28.3 Å². The number of nitrogens with zero attached hydrogens (tertiary/aromatic N) is 2. The Morgan fingerprint density at radius 1 is 1.45 bits per heavy atom. The quantitative estimate of drug-likeness (QED) is 0.564. The van der Waals surface area contributed by atoms with E-state index >= 15 is 0 Å². The van der Waals surface area contributed by atoms with Crippen LogP contribution in [0.3, 0.4) is 0 Å². The number of methoxy groups -OCH3 is 2. The molecule has 0 aromatic heterocycles. The van der Waals surface area contributed by atoms with E-state index in [4.69, 9.17) is 14.6 Å². The first-order chi connectivity index (χ1) is 9.51. The van der Waals surface area contributed by atoms with Crippen LogP contribution < -0.4 is 9.64 Å². The number of nitro benzene ring substituents is 1. The van der Waals surface area contributed by atoms with Crippen LogP contribution in [0.25, 0.3) is 0 Å². The zero-order valence-corrected chi connectivity index (χ0v) is 11.2. The highest BCUT2D eigenvalue weighted by Gasteiger charge is 2.25. The average Bonchev–Trinajstić information content (AvgIpc) is 2.41. The van der Waals surface area contributed by atoms with Gasteiger partial charge in [0.05, 0.1) is 18.6 Å². The molecule has 1 aromatic carbocycles. The summed E-state index contributed by atoms with van der Waals surface area (Å²) in [7, 11) is 2.79. The van der Waals surface area contributed by atoms with Crippen LogP contribution in [-0.4, -0.2) is 49.9 Å². The Morgan fingerprint density at radius 3 is 2.65 bits per heavy atom. The van der Waals surface area contributed by atoms with E-state index in [-0.39, 0.29) is 36.8 Å². The third-order valence-electron chi connectivity index (χ3n) is 2.61. The summed E-state index contributed by atoms with van der Waals surface area (Å²) < 4.78 is 9.86. The van der Waals surface area contributed by atoms with Gasteiger partial charge in [-0.25, -0.2) is 0 Å². The normalized spacial score (nSPS) is 10.1. The van der Waals surface area contributed by atoms with Gasteiger partial charge >= 0.3 is 11.7 Å². The summed E-state index contributed by atoms with van der Waals surface area (Å²) in [5.74, 6) is -1.00.